The second-order valence-corrected chi connectivity index (χ2v) is 7.48. The number of nitrogen functional groups attached to an aromatic ring is 1. The number of aromatic nitrogens is 2. The number of ether oxygens (including phenoxy) is 1. The first-order chi connectivity index (χ1) is 12.7. The van der Waals surface area contributed by atoms with E-state index >= 15 is 0 Å². The van der Waals surface area contributed by atoms with Gasteiger partial charge in [-0.1, -0.05) is 0 Å². The molecule has 26 heavy (non-hydrogen) atoms. The smallest absolute Gasteiger partial charge is 0.143 e. The largest absolute Gasteiger partial charge is 0.495 e. The van der Waals surface area contributed by atoms with E-state index in [9.17, 15) is 0 Å². The van der Waals surface area contributed by atoms with Gasteiger partial charge < -0.3 is 20.3 Å². The van der Waals surface area contributed by atoms with E-state index < -0.39 is 0 Å². The van der Waals surface area contributed by atoms with E-state index in [1.54, 1.807) is 7.11 Å². The topological polar surface area (TPSA) is 59.5 Å². The molecule has 2 fully saturated rings. The van der Waals surface area contributed by atoms with Crippen LogP contribution in [0.15, 0.2) is 24.5 Å². The van der Waals surface area contributed by atoms with Crippen molar-refractivity contribution in [1.82, 2.24) is 14.7 Å². The summed E-state index contributed by atoms with van der Waals surface area (Å²) in [6, 6.07) is 4.86. The molecular formula is C20H29N5O. The third kappa shape index (κ3) is 3.26. The molecule has 2 saturated heterocycles. The second-order valence-electron chi connectivity index (χ2n) is 7.48. The van der Waals surface area contributed by atoms with E-state index in [1.807, 2.05) is 30.2 Å². The summed E-state index contributed by atoms with van der Waals surface area (Å²) in [5.41, 5.74) is 10.3. The van der Waals surface area contributed by atoms with E-state index in [0.717, 1.165) is 36.0 Å². The Morgan fingerprint density at radius 3 is 2.46 bits per heavy atom. The molecule has 0 radical (unpaired) electrons. The van der Waals surface area contributed by atoms with Crippen molar-refractivity contribution in [2.24, 2.45) is 7.05 Å². The number of nitrogens with two attached hydrogens (primary N) is 1. The van der Waals surface area contributed by atoms with Crippen LogP contribution in [-0.4, -0.2) is 54.0 Å². The van der Waals surface area contributed by atoms with Gasteiger partial charge in [0.1, 0.15) is 5.75 Å². The van der Waals surface area contributed by atoms with Crippen LogP contribution < -0.4 is 15.4 Å². The predicted octanol–water partition coefficient (Wildman–Crippen LogP) is 2.74. The minimum Gasteiger partial charge on any atom is -0.495 e. The lowest BCUT2D eigenvalue weighted by Gasteiger charge is -2.38. The molecule has 6 heteroatoms. The maximum absolute atomic E-state index is 6.20. The highest BCUT2D eigenvalue weighted by molar-refractivity contribution is 5.83. The first-order valence-electron chi connectivity index (χ1n) is 9.61. The number of likely N-dealkylation sites (tertiary alicyclic amines) is 1. The fourth-order valence-corrected chi connectivity index (χ4v) is 4.39. The van der Waals surface area contributed by atoms with Gasteiger partial charge in [0.2, 0.25) is 0 Å². The molecule has 6 nitrogen and oxygen atoms in total. The number of rotatable bonds is 4. The van der Waals surface area contributed by atoms with Crippen LogP contribution in [0.5, 0.6) is 5.75 Å². The fourth-order valence-electron chi connectivity index (χ4n) is 4.39. The number of aryl methyl sites for hydroxylation is 1. The molecule has 0 spiro atoms. The Bertz CT molecular complexity index is 758. The van der Waals surface area contributed by atoms with Crippen LogP contribution in [0.3, 0.4) is 0 Å². The summed E-state index contributed by atoms with van der Waals surface area (Å²) in [6.45, 7) is 4.70. The van der Waals surface area contributed by atoms with Crippen LogP contribution in [-0.2, 0) is 7.05 Å². The molecule has 1 aromatic heterocycles. The summed E-state index contributed by atoms with van der Waals surface area (Å²) in [7, 11) is 3.62. The summed E-state index contributed by atoms with van der Waals surface area (Å²) >= 11 is 0. The Kier molecular flexibility index (Phi) is 4.76. The summed E-state index contributed by atoms with van der Waals surface area (Å²) in [6.07, 6.45) is 9.11. The van der Waals surface area contributed by atoms with Crippen molar-refractivity contribution in [1.29, 1.82) is 0 Å². The van der Waals surface area contributed by atoms with E-state index in [-0.39, 0.29) is 0 Å². The van der Waals surface area contributed by atoms with Crippen LogP contribution in [0.25, 0.3) is 11.1 Å². The number of benzene rings is 1. The van der Waals surface area contributed by atoms with Gasteiger partial charge in [-0.15, -0.1) is 0 Å². The molecule has 2 N–H and O–H groups in total. The van der Waals surface area contributed by atoms with Crippen LogP contribution in [0, 0.1) is 0 Å². The van der Waals surface area contributed by atoms with Gasteiger partial charge in [0.25, 0.3) is 0 Å². The normalized spacial score (nSPS) is 19.2. The maximum atomic E-state index is 6.20. The van der Waals surface area contributed by atoms with Crippen molar-refractivity contribution in [3.8, 4) is 16.9 Å². The number of hydrogen-bond donors (Lipinski definition) is 1. The summed E-state index contributed by atoms with van der Waals surface area (Å²) < 4.78 is 7.33. The Morgan fingerprint density at radius 2 is 1.85 bits per heavy atom. The average Bonchev–Trinajstić information content (AvgIpc) is 3.33. The van der Waals surface area contributed by atoms with Crippen molar-refractivity contribution >= 4 is 11.4 Å². The molecule has 2 aromatic rings. The molecule has 2 aliphatic rings. The lowest BCUT2D eigenvalue weighted by atomic mass is 9.99. The van der Waals surface area contributed by atoms with Crippen LogP contribution in [0.4, 0.5) is 11.4 Å². The number of hydrogen-bond acceptors (Lipinski definition) is 5. The van der Waals surface area contributed by atoms with Crippen molar-refractivity contribution in [3.63, 3.8) is 0 Å². The summed E-state index contributed by atoms with van der Waals surface area (Å²) in [5, 5.41) is 4.34. The molecule has 0 atom stereocenters. The Morgan fingerprint density at radius 1 is 1.12 bits per heavy atom. The van der Waals surface area contributed by atoms with Gasteiger partial charge in [0, 0.05) is 55.3 Å². The molecule has 0 saturated carbocycles. The molecule has 0 unspecified atom stereocenters. The number of piperidine rings is 1. The van der Waals surface area contributed by atoms with Crippen molar-refractivity contribution in [2.45, 2.75) is 31.7 Å². The predicted molar refractivity (Wildman–Crippen MR) is 106 cm³/mol. The van der Waals surface area contributed by atoms with E-state index in [2.05, 4.69) is 21.0 Å². The van der Waals surface area contributed by atoms with Gasteiger partial charge in [-0.05, 0) is 44.8 Å². The van der Waals surface area contributed by atoms with Crippen molar-refractivity contribution < 1.29 is 4.74 Å². The summed E-state index contributed by atoms with van der Waals surface area (Å²) in [4.78, 5) is 5.17. The Labute approximate surface area is 155 Å². The van der Waals surface area contributed by atoms with Crippen molar-refractivity contribution in [3.05, 3.63) is 24.5 Å². The minimum absolute atomic E-state index is 0.669. The molecule has 0 amide bonds. The fraction of sp³-hybridized carbons (Fsp3) is 0.550. The van der Waals surface area contributed by atoms with E-state index in [0.29, 0.717) is 5.69 Å². The van der Waals surface area contributed by atoms with Crippen LogP contribution >= 0.6 is 0 Å². The van der Waals surface area contributed by atoms with Crippen LogP contribution in [0.2, 0.25) is 0 Å². The molecule has 0 bridgehead atoms. The van der Waals surface area contributed by atoms with Gasteiger partial charge in [-0.2, -0.15) is 5.10 Å². The quantitative estimate of drug-likeness (QED) is 0.855. The lowest BCUT2D eigenvalue weighted by Crippen LogP contribution is -2.44. The number of methoxy groups -OCH3 is 1. The number of anilines is 2. The van der Waals surface area contributed by atoms with Crippen LogP contribution in [0.1, 0.15) is 25.7 Å². The van der Waals surface area contributed by atoms with Gasteiger partial charge in [-0.25, -0.2) is 0 Å². The summed E-state index contributed by atoms with van der Waals surface area (Å²) in [5.74, 6) is 0.745. The SMILES string of the molecule is COc1cc(N2CCC(N3CCCC3)CC2)c(-c2cnn(C)c2)cc1N. The molecule has 0 aliphatic carbocycles. The monoisotopic (exact) mass is 355 g/mol. The molecule has 4 rings (SSSR count). The maximum Gasteiger partial charge on any atom is 0.143 e. The molecule has 1 aromatic carbocycles. The molecule has 3 heterocycles. The Balaban J connectivity index is 1.60. The first-order valence-corrected chi connectivity index (χ1v) is 9.61. The van der Waals surface area contributed by atoms with Gasteiger partial charge in [0.15, 0.2) is 0 Å². The zero-order chi connectivity index (χ0) is 18.1. The highest BCUT2D eigenvalue weighted by Crippen LogP contribution is 2.39. The highest BCUT2D eigenvalue weighted by Gasteiger charge is 2.28. The minimum atomic E-state index is 0.669. The van der Waals surface area contributed by atoms with Gasteiger partial charge >= 0.3 is 0 Å². The van der Waals surface area contributed by atoms with Crippen molar-refractivity contribution in [2.75, 3.05) is 43.9 Å². The third-order valence-electron chi connectivity index (χ3n) is 5.83. The average molecular weight is 355 g/mol. The molecule has 140 valence electrons. The third-order valence-corrected chi connectivity index (χ3v) is 5.83. The van der Waals surface area contributed by atoms with E-state index in [4.69, 9.17) is 10.5 Å². The second kappa shape index (κ2) is 7.19. The zero-order valence-corrected chi connectivity index (χ0v) is 15.8. The molecular weight excluding hydrogens is 326 g/mol. The Hall–Kier alpha value is -2.21. The van der Waals surface area contributed by atoms with Gasteiger partial charge in [0.05, 0.1) is 19.0 Å². The van der Waals surface area contributed by atoms with E-state index in [1.165, 1.54) is 44.5 Å². The molecule has 2 aliphatic heterocycles. The lowest BCUT2D eigenvalue weighted by molar-refractivity contribution is 0.208. The standard InChI is InChI=1S/C20H29N5O/c1-23-14-15(13-22-23)17-11-18(21)20(26-2)12-19(17)25-9-5-16(6-10-25)24-7-3-4-8-24/h11-14,16H,3-10,21H2,1-2H3. The zero-order valence-electron chi connectivity index (χ0n) is 15.8. The highest BCUT2D eigenvalue weighted by atomic mass is 16.5. The van der Waals surface area contributed by atoms with Gasteiger partial charge in [-0.3, -0.25) is 4.68 Å². The first kappa shape index (κ1) is 17.2. The number of nitrogens with zero attached hydrogens (tertiary/aromatic N) is 4.